The second-order valence-electron chi connectivity index (χ2n) is 6.22. The largest absolute Gasteiger partial charge is 0.459 e. The summed E-state index contributed by atoms with van der Waals surface area (Å²) in [6.45, 7) is 4.01. The van der Waals surface area contributed by atoms with Crippen LogP contribution in [0.15, 0.2) is 34.9 Å². The van der Waals surface area contributed by atoms with Crippen molar-refractivity contribution in [3.8, 4) is 0 Å². The zero-order valence-corrected chi connectivity index (χ0v) is 16.8. The van der Waals surface area contributed by atoms with Crippen molar-refractivity contribution < 1.29 is 14.0 Å². The molecule has 27 heavy (non-hydrogen) atoms. The summed E-state index contributed by atoms with van der Waals surface area (Å²) in [6.07, 6.45) is 1.48. The highest BCUT2D eigenvalue weighted by Gasteiger charge is 2.29. The number of anilines is 1. The molecule has 0 saturated carbocycles. The number of hydrogen-bond acceptors (Lipinski definition) is 4. The molecule has 3 rings (SSSR count). The average Bonchev–Trinajstić information content (AvgIpc) is 3.19. The van der Waals surface area contributed by atoms with Gasteiger partial charge in [-0.3, -0.25) is 14.5 Å². The molecule has 0 aliphatic carbocycles. The van der Waals surface area contributed by atoms with E-state index >= 15 is 0 Å². The smallest absolute Gasteiger partial charge is 0.289 e. The first-order chi connectivity index (χ1) is 12.9. The van der Waals surface area contributed by atoms with Crippen LogP contribution in [0.5, 0.6) is 0 Å². The summed E-state index contributed by atoms with van der Waals surface area (Å²) in [5.74, 6) is -0.0241. The summed E-state index contributed by atoms with van der Waals surface area (Å²) in [4.78, 5) is 28.6. The predicted molar refractivity (Wildman–Crippen MR) is 106 cm³/mol. The normalized spacial score (nSPS) is 16.2. The van der Waals surface area contributed by atoms with Gasteiger partial charge in [-0.2, -0.15) is 0 Å². The summed E-state index contributed by atoms with van der Waals surface area (Å²) in [6, 6.07) is 5.95. The van der Waals surface area contributed by atoms with E-state index in [0.29, 0.717) is 52.7 Å². The number of rotatable bonds is 4. The van der Waals surface area contributed by atoms with Gasteiger partial charge in [0.25, 0.3) is 5.91 Å². The Labute approximate surface area is 171 Å². The van der Waals surface area contributed by atoms with Crippen molar-refractivity contribution in [3.05, 3.63) is 51.4 Å². The van der Waals surface area contributed by atoms with Gasteiger partial charge < -0.3 is 14.6 Å². The number of carbonyl (C=O) groups excluding carboxylic acids is 2. The van der Waals surface area contributed by atoms with Crippen molar-refractivity contribution in [2.24, 2.45) is 0 Å². The van der Waals surface area contributed by atoms with E-state index in [1.807, 2.05) is 11.8 Å². The quantitative estimate of drug-likeness (QED) is 0.744. The lowest BCUT2D eigenvalue weighted by Crippen LogP contribution is -2.54. The fraction of sp³-hybridized carbons (Fsp3) is 0.333. The van der Waals surface area contributed by atoms with E-state index in [9.17, 15) is 9.59 Å². The van der Waals surface area contributed by atoms with Gasteiger partial charge in [0.05, 0.1) is 33.1 Å². The lowest BCUT2D eigenvalue weighted by atomic mass is 10.2. The van der Waals surface area contributed by atoms with Gasteiger partial charge >= 0.3 is 0 Å². The maximum absolute atomic E-state index is 12.6. The van der Waals surface area contributed by atoms with Crippen LogP contribution >= 0.6 is 34.8 Å². The highest BCUT2D eigenvalue weighted by Crippen LogP contribution is 2.32. The molecule has 1 aliphatic heterocycles. The van der Waals surface area contributed by atoms with E-state index in [-0.39, 0.29) is 11.8 Å². The number of halogens is 3. The van der Waals surface area contributed by atoms with Crippen LogP contribution in [0, 0.1) is 0 Å². The van der Waals surface area contributed by atoms with E-state index < -0.39 is 6.04 Å². The molecule has 2 heterocycles. The van der Waals surface area contributed by atoms with Gasteiger partial charge in [-0.1, -0.05) is 34.8 Å². The van der Waals surface area contributed by atoms with E-state index in [1.54, 1.807) is 17.0 Å². The second kappa shape index (κ2) is 8.52. The monoisotopic (exact) mass is 429 g/mol. The third kappa shape index (κ3) is 4.58. The summed E-state index contributed by atoms with van der Waals surface area (Å²) >= 11 is 18.0. The molecule has 1 aromatic carbocycles. The number of nitrogens with zero attached hydrogens (tertiary/aromatic N) is 2. The van der Waals surface area contributed by atoms with E-state index in [2.05, 4.69) is 5.32 Å². The number of piperazine rings is 1. The summed E-state index contributed by atoms with van der Waals surface area (Å²) in [5, 5.41) is 3.74. The molecule has 2 amide bonds. The minimum atomic E-state index is -0.392. The van der Waals surface area contributed by atoms with Crippen molar-refractivity contribution in [2.45, 2.75) is 13.0 Å². The molecule has 1 fully saturated rings. The fourth-order valence-electron chi connectivity index (χ4n) is 2.89. The molecule has 2 aromatic rings. The van der Waals surface area contributed by atoms with Crippen molar-refractivity contribution in [2.75, 3.05) is 31.5 Å². The molecule has 1 atom stereocenters. The molecule has 0 radical (unpaired) electrons. The third-order valence-electron chi connectivity index (χ3n) is 4.53. The maximum Gasteiger partial charge on any atom is 0.289 e. The van der Waals surface area contributed by atoms with Gasteiger partial charge in [0.15, 0.2) is 5.76 Å². The van der Waals surface area contributed by atoms with Crippen molar-refractivity contribution in [1.29, 1.82) is 0 Å². The Bertz CT molecular complexity index is 834. The van der Waals surface area contributed by atoms with Crippen LogP contribution in [0.1, 0.15) is 17.5 Å². The Morgan fingerprint density at radius 1 is 1.07 bits per heavy atom. The Hall–Kier alpha value is -1.73. The highest BCUT2D eigenvalue weighted by atomic mass is 35.5. The van der Waals surface area contributed by atoms with Gasteiger partial charge in [-0.05, 0) is 31.2 Å². The fourth-order valence-corrected chi connectivity index (χ4v) is 3.48. The molecule has 0 bridgehead atoms. The topological polar surface area (TPSA) is 65.8 Å². The maximum atomic E-state index is 12.6. The number of amides is 2. The molecule has 6 nitrogen and oxygen atoms in total. The van der Waals surface area contributed by atoms with E-state index in [1.165, 1.54) is 18.4 Å². The minimum absolute atomic E-state index is 0.139. The van der Waals surface area contributed by atoms with Gasteiger partial charge in [0, 0.05) is 26.2 Å². The molecular weight excluding hydrogens is 413 g/mol. The number of carbonyl (C=O) groups is 2. The highest BCUT2D eigenvalue weighted by molar-refractivity contribution is 6.44. The average molecular weight is 431 g/mol. The molecule has 144 valence electrons. The van der Waals surface area contributed by atoms with Crippen molar-refractivity contribution >= 4 is 52.3 Å². The van der Waals surface area contributed by atoms with Gasteiger partial charge in [-0.25, -0.2) is 0 Å². The molecule has 1 aliphatic rings. The van der Waals surface area contributed by atoms with Gasteiger partial charge in [-0.15, -0.1) is 0 Å². The van der Waals surface area contributed by atoms with Crippen LogP contribution in [-0.2, 0) is 4.79 Å². The molecule has 1 N–H and O–H groups in total. The van der Waals surface area contributed by atoms with Crippen molar-refractivity contribution in [3.63, 3.8) is 0 Å². The SMILES string of the molecule is C[C@H](C(=O)Nc1cc(Cl)c(Cl)cc1Cl)N1CCN(C(=O)c2ccco2)CC1. The van der Waals surface area contributed by atoms with Gasteiger partial charge in [0.1, 0.15) is 0 Å². The Morgan fingerprint density at radius 3 is 2.37 bits per heavy atom. The number of benzene rings is 1. The van der Waals surface area contributed by atoms with Crippen LogP contribution in [0.25, 0.3) is 0 Å². The standard InChI is InChI=1S/C18H18Cl3N3O3/c1-11(17(25)22-15-10-13(20)12(19)9-14(15)21)23-4-6-24(7-5-23)18(26)16-3-2-8-27-16/h2-3,8-11H,4-7H2,1H3,(H,22,25)/t11-/m1/s1. The molecule has 9 heteroatoms. The van der Waals surface area contributed by atoms with E-state index in [4.69, 9.17) is 39.2 Å². The van der Waals surface area contributed by atoms with Crippen LogP contribution in [0.3, 0.4) is 0 Å². The molecule has 1 aromatic heterocycles. The van der Waals surface area contributed by atoms with Crippen molar-refractivity contribution in [1.82, 2.24) is 9.80 Å². The second-order valence-corrected chi connectivity index (χ2v) is 7.44. The van der Waals surface area contributed by atoms with Crippen LogP contribution in [0.2, 0.25) is 15.1 Å². The van der Waals surface area contributed by atoms with E-state index in [0.717, 1.165) is 0 Å². The third-order valence-corrected chi connectivity index (χ3v) is 5.56. The minimum Gasteiger partial charge on any atom is -0.459 e. The Morgan fingerprint density at radius 2 is 1.74 bits per heavy atom. The zero-order chi connectivity index (χ0) is 19.6. The molecule has 0 spiro atoms. The lowest BCUT2D eigenvalue weighted by molar-refractivity contribution is -0.121. The number of nitrogens with one attached hydrogen (secondary N) is 1. The van der Waals surface area contributed by atoms with Crippen LogP contribution in [-0.4, -0.2) is 53.8 Å². The molecule has 0 unspecified atom stereocenters. The Kier molecular flexibility index (Phi) is 6.32. The summed E-state index contributed by atoms with van der Waals surface area (Å²) < 4.78 is 5.16. The first kappa shape index (κ1) is 20.0. The number of furan rings is 1. The first-order valence-corrected chi connectivity index (χ1v) is 9.52. The number of hydrogen-bond donors (Lipinski definition) is 1. The van der Waals surface area contributed by atoms with Gasteiger partial charge in [0.2, 0.25) is 5.91 Å². The zero-order valence-electron chi connectivity index (χ0n) is 14.5. The molecule has 1 saturated heterocycles. The first-order valence-electron chi connectivity index (χ1n) is 8.39. The Balaban J connectivity index is 1.57. The summed E-state index contributed by atoms with van der Waals surface area (Å²) in [5.41, 5.74) is 0.412. The molecular formula is C18H18Cl3N3O3. The predicted octanol–water partition coefficient (Wildman–Crippen LogP) is 4.02. The van der Waals surface area contributed by atoms with Crippen LogP contribution in [0.4, 0.5) is 5.69 Å². The lowest BCUT2D eigenvalue weighted by Gasteiger charge is -2.37. The van der Waals surface area contributed by atoms with Crippen LogP contribution < -0.4 is 5.32 Å². The summed E-state index contributed by atoms with van der Waals surface area (Å²) in [7, 11) is 0.